The Hall–Kier alpha value is 0.233. The molecule has 0 spiro atoms. The van der Waals surface area contributed by atoms with Gasteiger partial charge in [0.2, 0.25) is 0 Å². The first-order chi connectivity index (χ1) is 3.93. The molecule has 0 saturated carbocycles. The molecule has 0 heterocycles. The predicted octanol–water partition coefficient (Wildman–Crippen LogP) is 2.36. The van der Waals surface area contributed by atoms with Gasteiger partial charge in [0.15, 0.2) is 0 Å². The Morgan fingerprint density at radius 2 is 1.78 bits per heavy atom. The van der Waals surface area contributed by atoms with Crippen LogP contribution in [0.15, 0.2) is 24.3 Å². The van der Waals surface area contributed by atoms with Gasteiger partial charge in [-0.15, -0.1) is 0 Å². The van der Waals surface area contributed by atoms with E-state index < -0.39 is 0 Å². The predicted molar refractivity (Wildman–Crippen MR) is 36.0 cm³/mol. The molecule has 0 saturated heterocycles. The summed E-state index contributed by atoms with van der Waals surface area (Å²) in [6, 6.07) is 8.52. The van der Waals surface area contributed by atoms with E-state index in [1.54, 1.807) is 0 Å². The van der Waals surface area contributed by atoms with Gasteiger partial charge in [-0.3, -0.25) is 0 Å². The summed E-state index contributed by atoms with van der Waals surface area (Å²) in [5, 5.41) is 0. The maximum absolute atomic E-state index is 2.20. The Morgan fingerprint density at radius 1 is 1.22 bits per heavy atom. The Kier molecular flexibility index (Phi) is 5.18. The Morgan fingerprint density at radius 3 is 2.22 bits per heavy atom. The molecule has 0 amide bonds. The van der Waals surface area contributed by atoms with Gasteiger partial charge in [-0.2, -0.15) is 17.7 Å². The standard InChI is InChI=1S/C8H11.Zr/c1-2-5-8-6-3-4-7-8;/h3-4,6-7H,2,5H2,1H3;/q-1;. The third-order valence-electron chi connectivity index (χ3n) is 1.27. The molecule has 48 valence electrons. The van der Waals surface area contributed by atoms with Crippen LogP contribution in [-0.4, -0.2) is 0 Å². The molecule has 0 unspecified atom stereocenters. The first-order valence-corrected chi connectivity index (χ1v) is 3.14. The van der Waals surface area contributed by atoms with E-state index in [0.717, 1.165) is 0 Å². The summed E-state index contributed by atoms with van der Waals surface area (Å²) in [5.74, 6) is 0. The van der Waals surface area contributed by atoms with Crippen LogP contribution in [0.1, 0.15) is 18.9 Å². The molecule has 0 nitrogen and oxygen atoms in total. The molecule has 0 aliphatic heterocycles. The molecule has 0 radical (unpaired) electrons. The maximum atomic E-state index is 2.20. The van der Waals surface area contributed by atoms with E-state index in [0.29, 0.717) is 0 Å². The molecule has 0 aliphatic carbocycles. The number of hydrogen-bond acceptors (Lipinski definition) is 0. The second-order valence-corrected chi connectivity index (χ2v) is 2.04. The van der Waals surface area contributed by atoms with E-state index in [2.05, 4.69) is 31.2 Å². The minimum atomic E-state index is 0. The van der Waals surface area contributed by atoms with Crippen molar-refractivity contribution >= 4 is 0 Å². The average Bonchev–Trinajstić information content (AvgIpc) is 2.19. The Labute approximate surface area is 75.8 Å². The largest absolute Gasteiger partial charge is 0.213 e. The van der Waals surface area contributed by atoms with Gasteiger partial charge in [0.25, 0.3) is 0 Å². The van der Waals surface area contributed by atoms with Crippen molar-refractivity contribution in [2.24, 2.45) is 0 Å². The first kappa shape index (κ1) is 9.23. The summed E-state index contributed by atoms with van der Waals surface area (Å²) >= 11 is 0. The van der Waals surface area contributed by atoms with E-state index in [-0.39, 0.29) is 26.2 Å². The monoisotopic (exact) mass is 197 g/mol. The van der Waals surface area contributed by atoms with Gasteiger partial charge in [0.05, 0.1) is 0 Å². The Bertz CT molecular complexity index is 130. The third-order valence-corrected chi connectivity index (χ3v) is 1.27. The van der Waals surface area contributed by atoms with E-state index in [9.17, 15) is 0 Å². The molecular formula is C8H11Zr-. The average molecular weight is 198 g/mol. The zero-order valence-corrected chi connectivity index (χ0v) is 8.18. The van der Waals surface area contributed by atoms with E-state index >= 15 is 0 Å². The topological polar surface area (TPSA) is 0 Å². The molecule has 0 aliphatic rings. The van der Waals surface area contributed by atoms with Gasteiger partial charge in [-0.1, -0.05) is 19.8 Å². The van der Waals surface area contributed by atoms with Crippen LogP contribution in [0.3, 0.4) is 0 Å². The quantitative estimate of drug-likeness (QED) is 0.640. The molecular weight excluding hydrogens is 187 g/mol. The van der Waals surface area contributed by atoms with Gasteiger partial charge < -0.3 is 0 Å². The first-order valence-electron chi connectivity index (χ1n) is 3.14. The van der Waals surface area contributed by atoms with Crippen LogP contribution in [0, 0.1) is 0 Å². The summed E-state index contributed by atoms with van der Waals surface area (Å²) in [7, 11) is 0. The summed E-state index contributed by atoms with van der Waals surface area (Å²) in [5.41, 5.74) is 1.47. The SMILES string of the molecule is CCC[c-]1cccc1.[Zr]. The van der Waals surface area contributed by atoms with Crippen LogP contribution in [0.4, 0.5) is 0 Å². The van der Waals surface area contributed by atoms with Gasteiger partial charge in [0.1, 0.15) is 0 Å². The minimum absolute atomic E-state index is 0. The molecule has 0 N–H and O–H groups in total. The number of aryl methyl sites for hydroxylation is 1. The second-order valence-electron chi connectivity index (χ2n) is 2.04. The van der Waals surface area contributed by atoms with E-state index in [4.69, 9.17) is 0 Å². The zero-order chi connectivity index (χ0) is 5.82. The van der Waals surface area contributed by atoms with Crippen LogP contribution in [-0.2, 0) is 32.6 Å². The molecule has 0 aromatic heterocycles. The molecule has 1 aromatic carbocycles. The molecule has 1 rings (SSSR count). The van der Waals surface area contributed by atoms with Crippen molar-refractivity contribution in [2.75, 3.05) is 0 Å². The van der Waals surface area contributed by atoms with Gasteiger partial charge in [-0.05, 0) is 0 Å². The van der Waals surface area contributed by atoms with Crippen LogP contribution >= 0.6 is 0 Å². The van der Waals surface area contributed by atoms with Crippen LogP contribution < -0.4 is 0 Å². The minimum Gasteiger partial charge on any atom is -0.213 e. The second kappa shape index (κ2) is 5.05. The summed E-state index contributed by atoms with van der Waals surface area (Å²) in [6.07, 6.45) is 2.48. The number of hydrogen-bond donors (Lipinski definition) is 0. The number of rotatable bonds is 2. The Balaban J connectivity index is 0.000000640. The van der Waals surface area contributed by atoms with Crippen molar-refractivity contribution in [3.63, 3.8) is 0 Å². The molecule has 9 heavy (non-hydrogen) atoms. The normalized spacial score (nSPS) is 8.56. The molecule has 0 atom stereocenters. The summed E-state index contributed by atoms with van der Waals surface area (Å²) < 4.78 is 0. The van der Waals surface area contributed by atoms with Crippen LogP contribution in [0.5, 0.6) is 0 Å². The molecule has 1 aromatic rings. The molecule has 0 bridgehead atoms. The fourth-order valence-corrected chi connectivity index (χ4v) is 0.869. The smallest absolute Gasteiger partial charge is 0 e. The van der Waals surface area contributed by atoms with Crippen molar-refractivity contribution in [3.8, 4) is 0 Å². The molecule has 1 heteroatoms. The van der Waals surface area contributed by atoms with E-state index in [1.165, 1.54) is 18.4 Å². The van der Waals surface area contributed by atoms with Crippen molar-refractivity contribution in [3.05, 3.63) is 29.8 Å². The van der Waals surface area contributed by atoms with Gasteiger partial charge >= 0.3 is 0 Å². The zero-order valence-electron chi connectivity index (χ0n) is 5.72. The third kappa shape index (κ3) is 3.05. The fraction of sp³-hybridized carbons (Fsp3) is 0.375. The van der Waals surface area contributed by atoms with E-state index in [1.807, 2.05) is 0 Å². The molecule has 0 fully saturated rings. The van der Waals surface area contributed by atoms with Gasteiger partial charge in [-0.25, -0.2) is 12.1 Å². The maximum Gasteiger partial charge on any atom is 0 e. The van der Waals surface area contributed by atoms with Crippen LogP contribution in [0.2, 0.25) is 0 Å². The van der Waals surface area contributed by atoms with Crippen molar-refractivity contribution in [1.29, 1.82) is 0 Å². The van der Waals surface area contributed by atoms with Crippen LogP contribution in [0.25, 0.3) is 0 Å². The van der Waals surface area contributed by atoms with Gasteiger partial charge in [0, 0.05) is 26.2 Å². The van der Waals surface area contributed by atoms with Crippen molar-refractivity contribution in [2.45, 2.75) is 19.8 Å². The summed E-state index contributed by atoms with van der Waals surface area (Å²) in [4.78, 5) is 0. The summed E-state index contributed by atoms with van der Waals surface area (Å²) in [6.45, 7) is 2.20. The fourth-order valence-electron chi connectivity index (χ4n) is 0.869. The van der Waals surface area contributed by atoms with Crippen molar-refractivity contribution in [1.82, 2.24) is 0 Å². The van der Waals surface area contributed by atoms with Crippen molar-refractivity contribution < 1.29 is 26.2 Å².